The van der Waals surface area contributed by atoms with Crippen LogP contribution >= 0.6 is 0 Å². The maximum atomic E-state index is 5.55. The number of nitrogens with one attached hydrogen (secondary N) is 2. The first kappa shape index (κ1) is 22.6. The number of nitrogens with zero attached hydrogens (tertiary/aromatic N) is 2. The van der Waals surface area contributed by atoms with Crippen molar-refractivity contribution in [1.29, 1.82) is 0 Å². The van der Waals surface area contributed by atoms with Gasteiger partial charge in [-0.05, 0) is 59.5 Å². The highest BCUT2D eigenvalue weighted by Gasteiger charge is 2.01. The summed E-state index contributed by atoms with van der Waals surface area (Å²) in [6, 6.07) is 14.1. The van der Waals surface area contributed by atoms with E-state index in [2.05, 4.69) is 51.0 Å². The van der Waals surface area contributed by atoms with Crippen molar-refractivity contribution in [3.05, 3.63) is 126 Å². The molecule has 0 amide bonds. The van der Waals surface area contributed by atoms with Gasteiger partial charge >= 0.3 is 0 Å². The van der Waals surface area contributed by atoms with Crippen LogP contribution < -0.4 is 0 Å². The number of pyridine rings is 1. The number of allylic oxidation sites excluding steroid dienone is 3. The lowest BCUT2D eigenvalue weighted by molar-refractivity contribution is 0.236. The van der Waals surface area contributed by atoms with E-state index >= 15 is 0 Å². The van der Waals surface area contributed by atoms with Crippen LogP contribution in [0.15, 0.2) is 103 Å². The van der Waals surface area contributed by atoms with Crippen molar-refractivity contribution in [1.82, 2.24) is 20.2 Å². The highest BCUT2D eigenvalue weighted by Crippen LogP contribution is 2.19. The molecule has 6 heteroatoms. The second kappa shape index (κ2) is 11.3. The van der Waals surface area contributed by atoms with Gasteiger partial charge in [0, 0.05) is 29.7 Å². The standard InChI is InChI=1S/C28H26N4O2/c1-21(33-2)23(9-5-17-34-20-22-6-4-15-29-19-22)10-12-26-18-27(32-31-26)13-11-24-7-3-8-25-14-16-30-28(24)25/h3-19,30H,1,20H2,2H3,(H,31,32)/b12-10+,13-11+,17-5+,23-9-. The number of H-pyrrole nitrogens is 2. The van der Waals surface area contributed by atoms with Crippen molar-refractivity contribution in [2.45, 2.75) is 6.61 Å². The maximum Gasteiger partial charge on any atom is 0.118 e. The third kappa shape index (κ3) is 6.01. The Morgan fingerprint density at radius 3 is 2.91 bits per heavy atom. The van der Waals surface area contributed by atoms with Crippen molar-refractivity contribution >= 4 is 29.1 Å². The Labute approximate surface area is 198 Å². The van der Waals surface area contributed by atoms with Crippen LogP contribution in [0.5, 0.6) is 0 Å². The van der Waals surface area contributed by atoms with E-state index < -0.39 is 0 Å². The number of aromatic nitrogens is 4. The van der Waals surface area contributed by atoms with Gasteiger partial charge in [-0.1, -0.05) is 36.9 Å². The van der Waals surface area contributed by atoms with E-state index in [4.69, 9.17) is 9.47 Å². The molecule has 0 aliphatic carbocycles. The smallest absolute Gasteiger partial charge is 0.118 e. The summed E-state index contributed by atoms with van der Waals surface area (Å²) in [7, 11) is 1.59. The minimum Gasteiger partial charge on any atom is -0.497 e. The molecule has 0 saturated carbocycles. The number of hydrogen-bond donors (Lipinski definition) is 2. The summed E-state index contributed by atoms with van der Waals surface area (Å²) in [5.74, 6) is 0.544. The van der Waals surface area contributed by atoms with Gasteiger partial charge in [-0.3, -0.25) is 10.1 Å². The molecule has 2 N–H and O–H groups in total. The summed E-state index contributed by atoms with van der Waals surface area (Å²) in [5.41, 5.74) is 5.75. The fourth-order valence-corrected chi connectivity index (χ4v) is 3.31. The van der Waals surface area contributed by atoms with Gasteiger partial charge in [0.15, 0.2) is 0 Å². The van der Waals surface area contributed by atoms with Gasteiger partial charge in [0.25, 0.3) is 0 Å². The molecule has 0 fully saturated rings. The topological polar surface area (TPSA) is 75.8 Å². The predicted octanol–water partition coefficient (Wildman–Crippen LogP) is 6.29. The van der Waals surface area contributed by atoms with Crippen LogP contribution in [0.2, 0.25) is 0 Å². The summed E-state index contributed by atoms with van der Waals surface area (Å²) < 4.78 is 10.9. The molecule has 170 valence electrons. The lowest BCUT2D eigenvalue weighted by atomic mass is 10.1. The monoisotopic (exact) mass is 450 g/mol. The molecule has 0 atom stereocenters. The minimum absolute atomic E-state index is 0.455. The Morgan fingerprint density at radius 2 is 2.06 bits per heavy atom. The van der Waals surface area contributed by atoms with Gasteiger partial charge in [0.05, 0.1) is 30.3 Å². The molecule has 0 unspecified atom stereocenters. The molecular weight excluding hydrogens is 424 g/mol. The highest BCUT2D eigenvalue weighted by atomic mass is 16.5. The summed E-state index contributed by atoms with van der Waals surface area (Å²) in [6.45, 7) is 4.41. The fourth-order valence-electron chi connectivity index (χ4n) is 3.31. The molecule has 4 rings (SSSR count). The SMILES string of the molecule is C=C(OC)C(=C\C=C\OCc1cccnc1)/C=C/c1cc(/C=C/c2cccc3cc[nH]c23)[nH]n1. The Kier molecular flexibility index (Phi) is 7.54. The number of ether oxygens (including phenoxy) is 2. The van der Waals surface area contributed by atoms with Crippen molar-refractivity contribution in [3.8, 4) is 0 Å². The highest BCUT2D eigenvalue weighted by molar-refractivity contribution is 5.90. The zero-order chi connectivity index (χ0) is 23.6. The van der Waals surface area contributed by atoms with Gasteiger partial charge in [-0.25, -0.2) is 0 Å². The largest absolute Gasteiger partial charge is 0.497 e. The summed E-state index contributed by atoms with van der Waals surface area (Å²) in [6.07, 6.45) is 18.6. The van der Waals surface area contributed by atoms with Gasteiger partial charge < -0.3 is 14.5 Å². The van der Waals surface area contributed by atoms with Crippen LogP contribution in [0.4, 0.5) is 0 Å². The van der Waals surface area contributed by atoms with Gasteiger partial charge in [-0.15, -0.1) is 0 Å². The van der Waals surface area contributed by atoms with Gasteiger partial charge in [0.2, 0.25) is 0 Å². The maximum absolute atomic E-state index is 5.55. The second-order valence-corrected chi connectivity index (χ2v) is 7.45. The lowest BCUT2D eigenvalue weighted by Gasteiger charge is -2.04. The molecule has 0 spiro atoms. The third-order valence-electron chi connectivity index (χ3n) is 5.10. The van der Waals surface area contributed by atoms with Crippen molar-refractivity contribution in [2.75, 3.05) is 7.11 Å². The first-order valence-corrected chi connectivity index (χ1v) is 10.8. The summed E-state index contributed by atoms with van der Waals surface area (Å²) in [5, 5.41) is 8.60. The van der Waals surface area contributed by atoms with Gasteiger partial charge in [-0.2, -0.15) is 5.10 Å². The Hall–Kier alpha value is -4.58. The average molecular weight is 451 g/mol. The minimum atomic E-state index is 0.455. The fraction of sp³-hybridized carbons (Fsp3) is 0.0714. The molecule has 0 saturated heterocycles. The predicted molar refractivity (Wildman–Crippen MR) is 137 cm³/mol. The lowest BCUT2D eigenvalue weighted by Crippen LogP contribution is -1.88. The molecule has 6 nitrogen and oxygen atoms in total. The Morgan fingerprint density at radius 1 is 1.12 bits per heavy atom. The number of aromatic amines is 2. The number of rotatable bonds is 10. The number of benzene rings is 1. The summed E-state index contributed by atoms with van der Waals surface area (Å²) >= 11 is 0. The van der Waals surface area contributed by atoms with E-state index in [0.29, 0.717) is 12.4 Å². The van der Waals surface area contributed by atoms with Crippen LogP contribution in [-0.2, 0) is 16.1 Å². The Balaban J connectivity index is 1.40. The van der Waals surface area contributed by atoms with Crippen molar-refractivity contribution in [2.24, 2.45) is 0 Å². The molecule has 4 aromatic rings. The van der Waals surface area contributed by atoms with Crippen LogP contribution in [0.25, 0.3) is 29.1 Å². The molecule has 3 aromatic heterocycles. The zero-order valence-corrected chi connectivity index (χ0v) is 18.9. The molecule has 3 heterocycles. The van der Waals surface area contributed by atoms with Crippen LogP contribution in [-0.4, -0.2) is 27.3 Å². The molecule has 0 radical (unpaired) electrons. The molecular formula is C28H26N4O2. The number of para-hydroxylation sites is 1. The summed E-state index contributed by atoms with van der Waals surface area (Å²) in [4.78, 5) is 7.35. The molecule has 0 aliphatic rings. The quantitative estimate of drug-likeness (QED) is 0.220. The molecule has 0 bridgehead atoms. The zero-order valence-electron chi connectivity index (χ0n) is 18.9. The molecule has 1 aromatic carbocycles. The van der Waals surface area contributed by atoms with E-state index in [9.17, 15) is 0 Å². The van der Waals surface area contributed by atoms with E-state index in [1.54, 1.807) is 31.8 Å². The van der Waals surface area contributed by atoms with Crippen LogP contribution in [0, 0.1) is 0 Å². The normalized spacial score (nSPS) is 12.3. The number of hydrogen-bond acceptors (Lipinski definition) is 4. The van der Waals surface area contributed by atoms with E-state index in [1.807, 2.05) is 54.8 Å². The van der Waals surface area contributed by atoms with Gasteiger partial charge in [0.1, 0.15) is 12.4 Å². The van der Waals surface area contributed by atoms with Crippen LogP contribution in [0.3, 0.4) is 0 Å². The first-order chi connectivity index (χ1) is 16.7. The average Bonchev–Trinajstić information content (AvgIpc) is 3.54. The van der Waals surface area contributed by atoms with Crippen molar-refractivity contribution in [3.63, 3.8) is 0 Å². The van der Waals surface area contributed by atoms with E-state index in [-0.39, 0.29) is 0 Å². The third-order valence-corrected chi connectivity index (χ3v) is 5.10. The second-order valence-electron chi connectivity index (χ2n) is 7.45. The Bertz CT molecular complexity index is 1360. The molecule has 34 heavy (non-hydrogen) atoms. The van der Waals surface area contributed by atoms with Crippen molar-refractivity contribution < 1.29 is 9.47 Å². The first-order valence-electron chi connectivity index (χ1n) is 10.8. The number of methoxy groups -OCH3 is 1. The van der Waals surface area contributed by atoms with Crippen LogP contribution in [0.1, 0.15) is 22.5 Å². The van der Waals surface area contributed by atoms with E-state index in [0.717, 1.165) is 33.6 Å². The van der Waals surface area contributed by atoms with E-state index in [1.165, 1.54) is 5.39 Å². The molecule has 0 aliphatic heterocycles. The number of fused-ring (bicyclic) bond motifs is 1.